The molecule has 0 fully saturated rings. The van der Waals surface area contributed by atoms with Crippen LogP contribution in [0.5, 0.6) is 0 Å². The van der Waals surface area contributed by atoms with Gasteiger partial charge in [-0.2, -0.15) is 0 Å². The van der Waals surface area contributed by atoms with Crippen molar-refractivity contribution >= 4 is 38.9 Å². The van der Waals surface area contributed by atoms with Crippen molar-refractivity contribution in [3.63, 3.8) is 0 Å². The largest absolute Gasteiger partial charge is 0.323 e. The van der Waals surface area contributed by atoms with Crippen LogP contribution in [0.4, 0.5) is 17.1 Å². The molecule has 0 bridgehead atoms. The standard InChI is InChI=1S/C24H23N3O4S/c1-16-8-11-19(12-9-16)32(30,31)26(3)21-13-10-18(14-17(21)2)24(29)27-15-23(28)25-20-6-4-5-7-22(20)27/h4-14H,15H2,1-3H3,(H,25,28). The van der Waals surface area contributed by atoms with Gasteiger partial charge in [-0.05, 0) is 61.9 Å². The fourth-order valence-corrected chi connectivity index (χ4v) is 4.97. The van der Waals surface area contributed by atoms with Gasteiger partial charge in [-0.3, -0.25) is 18.8 Å². The summed E-state index contributed by atoms with van der Waals surface area (Å²) >= 11 is 0. The van der Waals surface area contributed by atoms with Gasteiger partial charge < -0.3 is 5.32 Å². The molecule has 1 aliphatic rings. The van der Waals surface area contributed by atoms with Crippen molar-refractivity contribution < 1.29 is 18.0 Å². The van der Waals surface area contributed by atoms with Crippen LogP contribution < -0.4 is 14.5 Å². The van der Waals surface area contributed by atoms with E-state index in [4.69, 9.17) is 0 Å². The summed E-state index contributed by atoms with van der Waals surface area (Å²) in [6, 6.07) is 18.6. The maximum atomic E-state index is 13.2. The Kier molecular flexibility index (Phi) is 5.48. The van der Waals surface area contributed by atoms with Crippen LogP contribution in [0.15, 0.2) is 71.6 Å². The van der Waals surface area contributed by atoms with Crippen LogP contribution in [0.25, 0.3) is 0 Å². The zero-order chi connectivity index (χ0) is 23.0. The van der Waals surface area contributed by atoms with Crippen molar-refractivity contribution in [1.82, 2.24) is 0 Å². The molecule has 3 aromatic carbocycles. The lowest BCUT2D eigenvalue weighted by Crippen LogP contribution is -2.42. The molecule has 0 saturated carbocycles. The van der Waals surface area contributed by atoms with E-state index in [0.29, 0.717) is 28.2 Å². The quantitative estimate of drug-likeness (QED) is 0.658. The predicted octanol–water partition coefficient (Wildman–Crippen LogP) is 3.73. The van der Waals surface area contributed by atoms with Crippen molar-refractivity contribution in [2.45, 2.75) is 18.7 Å². The van der Waals surface area contributed by atoms with Crippen molar-refractivity contribution in [2.24, 2.45) is 0 Å². The minimum atomic E-state index is -3.75. The van der Waals surface area contributed by atoms with Crippen molar-refractivity contribution in [1.29, 1.82) is 0 Å². The lowest BCUT2D eigenvalue weighted by Gasteiger charge is -2.29. The Morgan fingerprint density at radius 3 is 2.38 bits per heavy atom. The molecular weight excluding hydrogens is 426 g/mol. The van der Waals surface area contributed by atoms with Crippen molar-refractivity contribution in [3.05, 3.63) is 83.4 Å². The van der Waals surface area contributed by atoms with E-state index in [-0.39, 0.29) is 23.3 Å². The van der Waals surface area contributed by atoms with Gasteiger partial charge in [-0.1, -0.05) is 29.8 Å². The zero-order valence-electron chi connectivity index (χ0n) is 18.0. The van der Waals surface area contributed by atoms with Crippen LogP contribution in [0, 0.1) is 13.8 Å². The average molecular weight is 450 g/mol. The summed E-state index contributed by atoms with van der Waals surface area (Å²) < 4.78 is 27.3. The normalized spacial score (nSPS) is 13.3. The van der Waals surface area contributed by atoms with Gasteiger partial charge in [0.1, 0.15) is 6.54 Å². The van der Waals surface area contributed by atoms with Crippen LogP contribution in [0.3, 0.4) is 0 Å². The number of nitrogens with zero attached hydrogens (tertiary/aromatic N) is 2. The molecule has 1 aliphatic heterocycles. The minimum Gasteiger partial charge on any atom is -0.323 e. The summed E-state index contributed by atoms with van der Waals surface area (Å²) in [5, 5.41) is 2.76. The van der Waals surface area contributed by atoms with Crippen LogP contribution in [-0.4, -0.2) is 33.8 Å². The Bertz CT molecular complexity index is 1320. The molecule has 2 amide bonds. The molecule has 4 rings (SSSR count). The number of para-hydroxylation sites is 2. The lowest BCUT2D eigenvalue weighted by molar-refractivity contribution is -0.115. The van der Waals surface area contributed by atoms with E-state index in [9.17, 15) is 18.0 Å². The number of aryl methyl sites for hydroxylation is 2. The van der Waals surface area contributed by atoms with Gasteiger partial charge in [0, 0.05) is 12.6 Å². The van der Waals surface area contributed by atoms with E-state index < -0.39 is 10.0 Å². The van der Waals surface area contributed by atoms with Crippen LogP contribution >= 0.6 is 0 Å². The molecule has 7 nitrogen and oxygen atoms in total. The van der Waals surface area contributed by atoms with Crippen molar-refractivity contribution in [2.75, 3.05) is 28.1 Å². The number of benzene rings is 3. The van der Waals surface area contributed by atoms with E-state index in [2.05, 4.69) is 5.32 Å². The fourth-order valence-electron chi connectivity index (χ4n) is 3.71. The van der Waals surface area contributed by atoms with E-state index in [1.807, 2.05) is 6.92 Å². The van der Waals surface area contributed by atoms with Gasteiger partial charge in [-0.15, -0.1) is 0 Å². The number of hydrogen-bond acceptors (Lipinski definition) is 4. The number of hydrogen-bond donors (Lipinski definition) is 1. The van der Waals surface area contributed by atoms with E-state index in [0.717, 1.165) is 5.56 Å². The molecule has 0 spiro atoms. The third-order valence-electron chi connectivity index (χ3n) is 5.48. The zero-order valence-corrected chi connectivity index (χ0v) is 18.8. The smallest absolute Gasteiger partial charge is 0.264 e. The SMILES string of the molecule is Cc1ccc(S(=O)(=O)N(C)c2ccc(C(=O)N3CC(=O)Nc4ccccc43)cc2C)cc1. The minimum absolute atomic E-state index is 0.0850. The van der Waals surface area contributed by atoms with Crippen LogP contribution in [-0.2, 0) is 14.8 Å². The number of carbonyl (C=O) groups is 2. The van der Waals surface area contributed by atoms with Gasteiger partial charge >= 0.3 is 0 Å². The first kappa shape index (κ1) is 21.6. The number of nitrogens with one attached hydrogen (secondary N) is 1. The molecular formula is C24H23N3O4S. The topological polar surface area (TPSA) is 86.8 Å². The molecule has 3 aromatic rings. The molecule has 0 saturated heterocycles. The second kappa shape index (κ2) is 8.12. The first-order valence-electron chi connectivity index (χ1n) is 10.1. The van der Waals surface area contributed by atoms with Crippen LogP contribution in [0.2, 0.25) is 0 Å². The number of rotatable bonds is 4. The number of carbonyl (C=O) groups excluding carboxylic acids is 2. The summed E-state index contributed by atoms with van der Waals surface area (Å²) in [7, 11) is -2.26. The Morgan fingerprint density at radius 1 is 1.00 bits per heavy atom. The average Bonchev–Trinajstić information content (AvgIpc) is 2.77. The van der Waals surface area contributed by atoms with Gasteiger partial charge in [0.25, 0.3) is 15.9 Å². The molecule has 1 N–H and O–H groups in total. The molecule has 0 aromatic heterocycles. The molecule has 32 heavy (non-hydrogen) atoms. The summed E-state index contributed by atoms with van der Waals surface area (Å²) in [5.41, 5.74) is 3.64. The van der Waals surface area contributed by atoms with Crippen molar-refractivity contribution in [3.8, 4) is 0 Å². The Labute approximate surface area is 187 Å². The first-order chi connectivity index (χ1) is 15.2. The molecule has 0 unspecified atom stereocenters. The summed E-state index contributed by atoms with van der Waals surface area (Å²) in [6.45, 7) is 3.56. The highest BCUT2D eigenvalue weighted by atomic mass is 32.2. The summed E-state index contributed by atoms with van der Waals surface area (Å²) in [5.74, 6) is -0.597. The van der Waals surface area contributed by atoms with Gasteiger partial charge in [0.2, 0.25) is 5.91 Å². The monoisotopic (exact) mass is 449 g/mol. The number of amides is 2. The highest BCUT2D eigenvalue weighted by Crippen LogP contribution is 2.31. The van der Waals surface area contributed by atoms with E-state index >= 15 is 0 Å². The highest BCUT2D eigenvalue weighted by Gasteiger charge is 2.28. The maximum Gasteiger partial charge on any atom is 0.264 e. The molecule has 0 aliphatic carbocycles. The van der Waals surface area contributed by atoms with Gasteiger partial charge in [0.05, 0.1) is 22.0 Å². The van der Waals surface area contributed by atoms with E-state index in [1.54, 1.807) is 73.7 Å². The molecule has 1 heterocycles. The number of fused-ring (bicyclic) bond motifs is 1. The second-order valence-corrected chi connectivity index (χ2v) is 9.71. The van der Waals surface area contributed by atoms with Gasteiger partial charge in [0.15, 0.2) is 0 Å². The summed E-state index contributed by atoms with van der Waals surface area (Å²) in [6.07, 6.45) is 0. The van der Waals surface area contributed by atoms with E-state index in [1.165, 1.54) is 16.3 Å². The number of anilines is 3. The Morgan fingerprint density at radius 2 is 1.69 bits per heavy atom. The second-order valence-electron chi connectivity index (χ2n) is 7.74. The Hall–Kier alpha value is -3.65. The third-order valence-corrected chi connectivity index (χ3v) is 7.26. The van der Waals surface area contributed by atoms with Gasteiger partial charge in [-0.25, -0.2) is 8.42 Å². The number of sulfonamides is 1. The molecule has 164 valence electrons. The summed E-state index contributed by atoms with van der Waals surface area (Å²) in [4.78, 5) is 26.9. The van der Waals surface area contributed by atoms with Crippen LogP contribution in [0.1, 0.15) is 21.5 Å². The third kappa shape index (κ3) is 3.85. The fraction of sp³-hybridized carbons (Fsp3) is 0.167. The molecule has 0 atom stereocenters. The molecule has 0 radical (unpaired) electrons. The molecule has 8 heteroatoms. The maximum absolute atomic E-state index is 13.2. The lowest BCUT2D eigenvalue weighted by atomic mass is 10.1. The predicted molar refractivity (Wildman–Crippen MR) is 125 cm³/mol. The highest BCUT2D eigenvalue weighted by molar-refractivity contribution is 7.92. The first-order valence-corrected chi connectivity index (χ1v) is 11.5. The Balaban J connectivity index is 1.65.